The van der Waals surface area contributed by atoms with E-state index in [9.17, 15) is 9.59 Å². The zero-order valence-electron chi connectivity index (χ0n) is 9.54. The SMILES string of the molecule is CC(=O)NC(C)C(=O)N1CCN[C@@H](C)C1. The molecule has 86 valence electrons. The van der Waals surface area contributed by atoms with Gasteiger partial charge in [-0.2, -0.15) is 0 Å². The van der Waals surface area contributed by atoms with Crippen LogP contribution in [0.1, 0.15) is 20.8 Å². The first-order chi connectivity index (χ1) is 7.00. The van der Waals surface area contributed by atoms with Crippen molar-refractivity contribution in [2.75, 3.05) is 19.6 Å². The van der Waals surface area contributed by atoms with E-state index in [4.69, 9.17) is 0 Å². The van der Waals surface area contributed by atoms with E-state index in [0.29, 0.717) is 19.1 Å². The van der Waals surface area contributed by atoms with E-state index in [2.05, 4.69) is 10.6 Å². The highest BCUT2D eigenvalue weighted by atomic mass is 16.2. The van der Waals surface area contributed by atoms with Gasteiger partial charge < -0.3 is 15.5 Å². The highest BCUT2D eigenvalue weighted by Crippen LogP contribution is 2.01. The second-order valence-corrected chi connectivity index (χ2v) is 4.06. The van der Waals surface area contributed by atoms with Gasteiger partial charge in [0.2, 0.25) is 11.8 Å². The van der Waals surface area contributed by atoms with Gasteiger partial charge in [0, 0.05) is 32.6 Å². The number of rotatable bonds is 2. The summed E-state index contributed by atoms with van der Waals surface area (Å²) >= 11 is 0. The third kappa shape index (κ3) is 3.51. The normalized spacial score (nSPS) is 23.4. The standard InChI is InChI=1S/C10H19N3O2/c1-7-6-13(5-4-11-7)10(15)8(2)12-9(3)14/h7-8,11H,4-6H2,1-3H3,(H,12,14)/t7-,8?/m0/s1. The molecule has 2 atom stereocenters. The number of amides is 2. The lowest BCUT2D eigenvalue weighted by atomic mass is 10.2. The number of carbonyl (C=O) groups is 2. The van der Waals surface area contributed by atoms with Crippen molar-refractivity contribution in [1.82, 2.24) is 15.5 Å². The summed E-state index contributed by atoms with van der Waals surface area (Å²) in [4.78, 5) is 24.5. The van der Waals surface area contributed by atoms with Gasteiger partial charge in [-0.3, -0.25) is 9.59 Å². The average Bonchev–Trinajstić information content (AvgIpc) is 2.15. The maximum Gasteiger partial charge on any atom is 0.244 e. The first kappa shape index (κ1) is 12.0. The van der Waals surface area contributed by atoms with Gasteiger partial charge >= 0.3 is 0 Å². The van der Waals surface area contributed by atoms with Gasteiger partial charge in [0.15, 0.2) is 0 Å². The summed E-state index contributed by atoms with van der Waals surface area (Å²) in [5.74, 6) is -0.169. The number of hydrogen-bond donors (Lipinski definition) is 2. The molecule has 5 nitrogen and oxygen atoms in total. The van der Waals surface area contributed by atoms with Crippen molar-refractivity contribution in [1.29, 1.82) is 0 Å². The van der Waals surface area contributed by atoms with Crippen molar-refractivity contribution >= 4 is 11.8 Å². The predicted octanol–water partition coefficient (Wildman–Crippen LogP) is -0.669. The van der Waals surface area contributed by atoms with Crippen LogP contribution in [0.3, 0.4) is 0 Å². The van der Waals surface area contributed by atoms with E-state index < -0.39 is 6.04 Å². The molecule has 0 aromatic carbocycles. The Morgan fingerprint density at radius 1 is 1.53 bits per heavy atom. The lowest BCUT2D eigenvalue weighted by Gasteiger charge is -2.33. The summed E-state index contributed by atoms with van der Waals surface area (Å²) in [5.41, 5.74) is 0. The summed E-state index contributed by atoms with van der Waals surface area (Å²) in [6.07, 6.45) is 0. The third-order valence-electron chi connectivity index (χ3n) is 2.47. The van der Waals surface area contributed by atoms with Crippen molar-refractivity contribution in [3.63, 3.8) is 0 Å². The molecule has 1 saturated heterocycles. The Balaban J connectivity index is 2.47. The van der Waals surface area contributed by atoms with Gasteiger partial charge in [0.05, 0.1) is 0 Å². The molecule has 0 aliphatic carbocycles. The predicted molar refractivity (Wildman–Crippen MR) is 57.3 cm³/mol. The van der Waals surface area contributed by atoms with Gasteiger partial charge in [0.25, 0.3) is 0 Å². The summed E-state index contributed by atoms with van der Waals surface area (Å²) < 4.78 is 0. The minimum Gasteiger partial charge on any atom is -0.345 e. The van der Waals surface area contributed by atoms with Gasteiger partial charge in [-0.15, -0.1) is 0 Å². The number of nitrogens with one attached hydrogen (secondary N) is 2. The van der Waals surface area contributed by atoms with E-state index in [1.807, 2.05) is 6.92 Å². The first-order valence-electron chi connectivity index (χ1n) is 5.30. The molecule has 1 unspecified atom stereocenters. The smallest absolute Gasteiger partial charge is 0.244 e. The fraction of sp³-hybridized carbons (Fsp3) is 0.800. The largest absolute Gasteiger partial charge is 0.345 e. The van der Waals surface area contributed by atoms with E-state index in [1.165, 1.54) is 6.92 Å². The number of hydrogen-bond acceptors (Lipinski definition) is 3. The minimum atomic E-state index is -0.423. The number of piperazine rings is 1. The molecule has 2 amide bonds. The Morgan fingerprint density at radius 3 is 2.73 bits per heavy atom. The maximum absolute atomic E-state index is 11.9. The van der Waals surface area contributed by atoms with Crippen LogP contribution in [-0.4, -0.2) is 48.4 Å². The summed E-state index contributed by atoms with van der Waals surface area (Å²) in [5, 5.41) is 5.87. The van der Waals surface area contributed by atoms with E-state index in [1.54, 1.807) is 11.8 Å². The van der Waals surface area contributed by atoms with E-state index >= 15 is 0 Å². The third-order valence-corrected chi connectivity index (χ3v) is 2.47. The molecule has 0 spiro atoms. The van der Waals surface area contributed by atoms with Crippen LogP contribution in [-0.2, 0) is 9.59 Å². The number of nitrogens with zero attached hydrogens (tertiary/aromatic N) is 1. The second-order valence-electron chi connectivity index (χ2n) is 4.06. The van der Waals surface area contributed by atoms with Gasteiger partial charge in [-0.1, -0.05) is 0 Å². The zero-order valence-corrected chi connectivity index (χ0v) is 9.54. The fourth-order valence-electron chi connectivity index (χ4n) is 1.77. The molecule has 1 heterocycles. The van der Waals surface area contributed by atoms with Crippen LogP contribution >= 0.6 is 0 Å². The van der Waals surface area contributed by atoms with Crippen LogP contribution < -0.4 is 10.6 Å². The van der Waals surface area contributed by atoms with Crippen molar-refractivity contribution in [2.24, 2.45) is 0 Å². The Kier molecular flexibility index (Phi) is 4.08. The molecule has 5 heteroatoms. The Hall–Kier alpha value is -1.10. The molecule has 0 aromatic rings. The zero-order chi connectivity index (χ0) is 11.4. The molecule has 1 fully saturated rings. The first-order valence-corrected chi connectivity index (χ1v) is 5.30. The molecule has 1 aliphatic heterocycles. The van der Waals surface area contributed by atoms with Gasteiger partial charge in [-0.05, 0) is 13.8 Å². The Bertz CT molecular complexity index is 255. The Labute approximate surface area is 90.2 Å². The molecule has 0 bridgehead atoms. The monoisotopic (exact) mass is 213 g/mol. The van der Waals surface area contributed by atoms with E-state index in [0.717, 1.165) is 6.54 Å². The summed E-state index contributed by atoms with van der Waals surface area (Å²) in [6.45, 7) is 7.43. The van der Waals surface area contributed by atoms with Crippen molar-refractivity contribution < 1.29 is 9.59 Å². The molecule has 1 aliphatic rings. The highest BCUT2D eigenvalue weighted by molar-refractivity contribution is 5.86. The molecule has 0 saturated carbocycles. The maximum atomic E-state index is 11.9. The highest BCUT2D eigenvalue weighted by Gasteiger charge is 2.24. The molecule has 0 radical (unpaired) electrons. The molecular formula is C10H19N3O2. The quantitative estimate of drug-likeness (QED) is 0.639. The summed E-state index contributed by atoms with van der Waals surface area (Å²) in [7, 11) is 0. The molecule has 2 N–H and O–H groups in total. The van der Waals surface area contributed by atoms with Crippen LogP contribution in [0, 0.1) is 0 Å². The summed E-state index contributed by atoms with van der Waals surface area (Å²) in [6, 6.07) is -0.0972. The van der Waals surface area contributed by atoms with Crippen LogP contribution in [0.15, 0.2) is 0 Å². The molecule has 0 aromatic heterocycles. The Morgan fingerprint density at radius 2 is 2.20 bits per heavy atom. The molecular weight excluding hydrogens is 194 g/mol. The van der Waals surface area contributed by atoms with Gasteiger partial charge in [0.1, 0.15) is 6.04 Å². The van der Waals surface area contributed by atoms with Crippen LogP contribution in [0.5, 0.6) is 0 Å². The number of carbonyl (C=O) groups excluding carboxylic acids is 2. The minimum absolute atomic E-state index is 0.00134. The van der Waals surface area contributed by atoms with Crippen LogP contribution in [0.2, 0.25) is 0 Å². The molecule has 1 rings (SSSR count). The lowest BCUT2D eigenvalue weighted by Crippen LogP contribution is -2.55. The van der Waals surface area contributed by atoms with E-state index in [-0.39, 0.29) is 11.8 Å². The second kappa shape index (κ2) is 5.11. The van der Waals surface area contributed by atoms with Crippen LogP contribution in [0.25, 0.3) is 0 Å². The van der Waals surface area contributed by atoms with Crippen molar-refractivity contribution in [3.8, 4) is 0 Å². The van der Waals surface area contributed by atoms with Gasteiger partial charge in [-0.25, -0.2) is 0 Å². The van der Waals surface area contributed by atoms with Crippen molar-refractivity contribution in [2.45, 2.75) is 32.9 Å². The fourth-order valence-corrected chi connectivity index (χ4v) is 1.77. The molecule has 15 heavy (non-hydrogen) atoms. The van der Waals surface area contributed by atoms with Crippen molar-refractivity contribution in [3.05, 3.63) is 0 Å². The van der Waals surface area contributed by atoms with Crippen LogP contribution in [0.4, 0.5) is 0 Å². The lowest BCUT2D eigenvalue weighted by molar-refractivity contribution is -0.136. The topological polar surface area (TPSA) is 61.4 Å². The average molecular weight is 213 g/mol.